The Morgan fingerprint density at radius 2 is 1.41 bits per heavy atom. The Morgan fingerprint density at radius 3 is 1.97 bits per heavy atom. The van der Waals surface area contributed by atoms with Gasteiger partial charge in [-0.3, -0.25) is 4.48 Å². The average Bonchev–Trinajstić information content (AvgIpc) is 2.86. The van der Waals surface area contributed by atoms with Gasteiger partial charge in [0.2, 0.25) is 0 Å². The fourth-order valence-electron chi connectivity index (χ4n) is 3.77. The number of hydrogen-bond donors (Lipinski definition) is 0. The molecule has 3 rings (SSSR count). The van der Waals surface area contributed by atoms with Crippen LogP contribution < -0.4 is 17.1 Å². The van der Waals surface area contributed by atoms with Crippen molar-refractivity contribution in [3.05, 3.63) is 102 Å². The van der Waals surface area contributed by atoms with Gasteiger partial charge in [-0.05, 0) is 54.2 Å². The van der Waals surface area contributed by atoms with Crippen LogP contribution in [-0.2, 0) is 18.0 Å². The molecule has 0 aromatic heterocycles. The fourth-order valence-corrected chi connectivity index (χ4v) is 3.77. The van der Waals surface area contributed by atoms with E-state index in [4.69, 9.17) is 15.9 Å². The second-order valence-corrected chi connectivity index (χ2v) is 8.29. The third kappa shape index (κ3) is 7.98. The van der Waals surface area contributed by atoms with Crippen molar-refractivity contribution in [1.82, 2.24) is 0 Å². The monoisotopic (exact) mass is 473 g/mol. The maximum absolute atomic E-state index is 6.18. The van der Waals surface area contributed by atoms with Crippen LogP contribution in [0, 0.1) is 24.2 Å². The molecule has 0 aliphatic rings. The second kappa shape index (κ2) is 14.1. The van der Waals surface area contributed by atoms with E-state index in [1.165, 1.54) is 0 Å². The van der Waals surface area contributed by atoms with Crippen molar-refractivity contribution >= 4 is 0 Å². The highest BCUT2D eigenvalue weighted by molar-refractivity contribution is 5.29. The molecule has 0 amide bonds. The number of halogens is 1. The van der Waals surface area contributed by atoms with E-state index in [-0.39, 0.29) is 18.4 Å². The molecule has 0 heterocycles. The van der Waals surface area contributed by atoms with Gasteiger partial charge >= 0.3 is 0 Å². The van der Waals surface area contributed by atoms with Crippen molar-refractivity contribution in [1.29, 1.82) is 0 Å². The molecular weight excluding hydrogens is 442 g/mol. The van der Waals surface area contributed by atoms with Crippen LogP contribution in [0.5, 0.6) is 5.75 Å². The molecule has 2 atom stereocenters. The van der Waals surface area contributed by atoms with Gasteiger partial charge in [0.25, 0.3) is 0 Å². The SMILES string of the molecule is C#CC[N+](C)(CC#CC)C(COCc1ccccc1)c1ccc(OCc2ccccc2)cc1.[Cl-]. The Labute approximate surface area is 210 Å². The van der Waals surface area contributed by atoms with E-state index in [0.29, 0.717) is 37.4 Å². The number of hydrogen-bond acceptors (Lipinski definition) is 2. The summed E-state index contributed by atoms with van der Waals surface area (Å²) in [6.45, 7) is 4.74. The third-order valence-electron chi connectivity index (χ3n) is 5.72. The van der Waals surface area contributed by atoms with Gasteiger partial charge in [-0.25, -0.2) is 0 Å². The smallest absolute Gasteiger partial charge is 0.142 e. The molecule has 0 bridgehead atoms. The Balaban J connectivity index is 0.00000408. The largest absolute Gasteiger partial charge is 1.00 e. The molecule has 0 aliphatic heterocycles. The van der Waals surface area contributed by atoms with Crippen LogP contribution in [-0.4, -0.2) is 31.2 Å². The zero-order valence-electron chi connectivity index (χ0n) is 19.9. The van der Waals surface area contributed by atoms with Gasteiger partial charge in [0.05, 0.1) is 13.7 Å². The maximum Gasteiger partial charge on any atom is 0.142 e. The average molecular weight is 474 g/mol. The number of nitrogens with zero attached hydrogens (tertiary/aromatic N) is 1. The van der Waals surface area contributed by atoms with Gasteiger partial charge in [0, 0.05) is 5.56 Å². The van der Waals surface area contributed by atoms with Gasteiger partial charge < -0.3 is 21.9 Å². The normalized spacial score (nSPS) is 12.7. The number of quaternary nitrogens is 1. The zero-order chi connectivity index (χ0) is 23.4. The lowest BCUT2D eigenvalue weighted by Gasteiger charge is -2.39. The molecule has 0 spiro atoms. The molecule has 3 aromatic carbocycles. The predicted molar refractivity (Wildman–Crippen MR) is 134 cm³/mol. The van der Waals surface area contributed by atoms with Crippen LogP contribution in [0.1, 0.15) is 29.7 Å². The predicted octanol–water partition coefficient (Wildman–Crippen LogP) is 2.63. The molecule has 0 saturated carbocycles. The first-order chi connectivity index (χ1) is 16.1. The first-order valence-corrected chi connectivity index (χ1v) is 11.2. The summed E-state index contributed by atoms with van der Waals surface area (Å²) in [7, 11) is 2.15. The number of rotatable bonds is 11. The minimum Gasteiger partial charge on any atom is -1.00 e. The van der Waals surface area contributed by atoms with Gasteiger partial charge in [-0.2, -0.15) is 0 Å². The number of benzene rings is 3. The van der Waals surface area contributed by atoms with Crippen LogP contribution in [0.15, 0.2) is 84.9 Å². The van der Waals surface area contributed by atoms with Crippen LogP contribution >= 0.6 is 0 Å². The first kappa shape index (κ1) is 27.0. The fraction of sp³-hybridized carbons (Fsp3) is 0.267. The molecular formula is C30H32ClNO2. The molecule has 0 saturated heterocycles. The van der Waals surface area contributed by atoms with Crippen molar-refractivity contribution in [2.24, 2.45) is 0 Å². The number of likely N-dealkylation sites (N-methyl/N-ethyl adjacent to an activating group) is 1. The molecule has 3 aromatic rings. The molecule has 34 heavy (non-hydrogen) atoms. The lowest BCUT2D eigenvalue weighted by molar-refractivity contribution is -0.927. The highest BCUT2D eigenvalue weighted by Gasteiger charge is 2.33. The van der Waals surface area contributed by atoms with Crippen LogP contribution in [0.2, 0.25) is 0 Å². The quantitative estimate of drug-likeness (QED) is 0.315. The number of terminal acetylenes is 1. The maximum atomic E-state index is 6.18. The molecule has 0 fully saturated rings. The Morgan fingerprint density at radius 1 is 0.824 bits per heavy atom. The van der Waals surface area contributed by atoms with E-state index in [1.54, 1.807) is 0 Å². The van der Waals surface area contributed by atoms with E-state index in [2.05, 4.69) is 61.2 Å². The van der Waals surface area contributed by atoms with E-state index in [1.807, 2.05) is 55.5 Å². The van der Waals surface area contributed by atoms with Crippen LogP contribution in [0.3, 0.4) is 0 Å². The summed E-state index contributed by atoms with van der Waals surface area (Å²) in [5.74, 6) is 9.93. The lowest BCUT2D eigenvalue weighted by Crippen LogP contribution is -3.00. The Kier molecular flexibility index (Phi) is 11.2. The van der Waals surface area contributed by atoms with Gasteiger partial charge in [0.1, 0.15) is 38.1 Å². The summed E-state index contributed by atoms with van der Waals surface area (Å²) < 4.78 is 12.7. The van der Waals surface area contributed by atoms with Crippen molar-refractivity contribution in [2.75, 3.05) is 26.7 Å². The van der Waals surface area contributed by atoms with Crippen molar-refractivity contribution < 1.29 is 26.4 Å². The lowest BCUT2D eigenvalue weighted by atomic mass is 10.0. The summed E-state index contributed by atoms with van der Waals surface area (Å²) in [4.78, 5) is 0. The van der Waals surface area contributed by atoms with E-state index < -0.39 is 0 Å². The molecule has 0 aliphatic carbocycles. The second-order valence-electron chi connectivity index (χ2n) is 8.29. The third-order valence-corrected chi connectivity index (χ3v) is 5.72. The molecule has 0 N–H and O–H groups in total. The summed E-state index contributed by atoms with van der Waals surface area (Å²) in [5, 5.41) is 0. The summed E-state index contributed by atoms with van der Waals surface area (Å²) in [6.07, 6.45) is 5.77. The molecule has 3 nitrogen and oxygen atoms in total. The van der Waals surface area contributed by atoms with Crippen LogP contribution in [0.25, 0.3) is 0 Å². The van der Waals surface area contributed by atoms with E-state index in [9.17, 15) is 0 Å². The Bertz CT molecular complexity index is 1080. The Hall–Kier alpha value is -3.21. The van der Waals surface area contributed by atoms with E-state index >= 15 is 0 Å². The van der Waals surface area contributed by atoms with Gasteiger partial charge in [-0.15, -0.1) is 12.3 Å². The van der Waals surface area contributed by atoms with Crippen LogP contribution in [0.4, 0.5) is 0 Å². The minimum absolute atomic E-state index is 0. The number of ether oxygens (including phenoxy) is 2. The molecule has 0 radical (unpaired) electrons. The molecule has 2 unspecified atom stereocenters. The standard InChI is InChI=1S/C30H32NO2.ClH/c1-4-6-22-31(3,21-5-2)30(25-32-23-26-13-9-7-10-14-26)28-17-19-29(20-18-28)33-24-27-15-11-8-12-16-27;/h2,7-20,30H,21-25H2,1,3H3;1H/q+1;/p-1. The summed E-state index contributed by atoms with van der Waals surface area (Å²) in [6, 6.07) is 28.7. The molecule has 4 heteroatoms. The minimum atomic E-state index is 0. The zero-order valence-corrected chi connectivity index (χ0v) is 20.7. The topological polar surface area (TPSA) is 18.5 Å². The summed E-state index contributed by atoms with van der Waals surface area (Å²) in [5.41, 5.74) is 3.45. The van der Waals surface area contributed by atoms with Crippen molar-refractivity contribution in [2.45, 2.75) is 26.2 Å². The van der Waals surface area contributed by atoms with Crippen molar-refractivity contribution in [3.8, 4) is 29.9 Å². The molecule has 176 valence electrons. The summed E-state index contributed by atoms with van der Waals surface area (Å²) >= 11 is 0. The first-order valence-electron chi connectivity index (χ1n) is 11.2. The van der Waals surface area contributed by atoms with Gasteiger partial charge in [0.15, 0.2) is 0 Å². The van der Waals surface area contributed by atoms with E-state index in [0.717, 1.165) is 22.4 Å². The highest BCUT2D eigenvalue weighted by atomic mass is 35.5. The van der Waals surface area contributed by atoms with Gasteiger partial charge in [-0.1, -0.05) is 60.7 Å². The highest BCUT2D eigenvalue weighted by Crippen LogP contribution is 2.29. The van der Waals surface area contributed by atoms with Crippen molar-refractivity contribution in [3.63, 3.8) is 0 Å².